The van der Waals surface area contributed by atoms with Crippen LogP contribution in [0.2, 0.25) is 0 Å². The Balaban J connectivity index is 1.85. The van der Waals surface area contributed by atoms with Gasteiger partial charge >= 0.3 is 11.9 Å². The molecule has 0 saturated carbocycles. The number of hydrogen-bond donors (Lipinski definition) is 1. The van der Waals surface area contributed by atoms with Crippen LogP contribution in [0, 0.1) is 0 Å². The Kier molecular flexibility index (Phi) is 9.82. The lowest BCUT2D eigenvalue weighted by atomic mass is 10.1. The molecule has 0 bridgehead atoms. The zero-order valence-corrected chi connectivity index (χ0v) is 12.7. The van der Waals surface area contributed by atoms with Crippen molar-refractivity contribution in [3.8, 4) is 0 Å². The molecule has 0 unspecified atom stereocenters. The largest absolute Gasteiger partial charge is 0.481 e. The van der Waals surface area contributed by atoms with Gasteiger partial charge in [-0.25, -0.2) is 4.79 Å². The van der Waals surface area contributed by atoms with Crippen molar-refractivity contribution in [3.05, 3.63) is 0 Å². The highest BCUT2D eigenvalue weighted by Gasteiger charge is 2.13. The number of piperidine rings is 1. The van der Waals surface area contributed by atoms with Gasteiger partial charge in [0.15, 0.2) is 0 Å². The third-order valence-corrected chi connectivity index (χ3v) is 3.57. The average molecular weight is 301 g/mol. The number of nitrogens with zero attached hydrogens (tertiary/aromatic N) is 1. The Morgan fingerprint density at radius 1 is 0.857 bits per heavy atom. The molecular formula is C15H27NO5. The fourth-order valence-corrected chi connectivity index (χ4v) is 2.33. The molecule has 0 aromatic heterocycles. The third kappa shape index (κ3) is 10.3. The molecule has 0 atom stereocenters. The number of carboxylic acid groups (broad SMARTS) is 1. The quantitative estimate of drug-likeness (QED) is 0.359. The predicted molar refractivity (Wildman–Crippen MR) is 77.2 cm³/mol. The summed E-state index contributed by atoms with van der Waals surface area (Å²) in [4.78, 5) is 31.6. The maximum atomic E-state index is 11.5. The van der Waals surface area contributed by atoms with Gasteiger partial charge in [-0.3, -0.25) is 9.68 Å². The highest BCUT2D eigenvalue weighted by Crippen LogP contribution is 2.11. The number of hydrogen-bond acceptors (Lipinski definition) is 5. The smallest absolute Gasteiger partial charge is 0.344 e. The number of aliphatic carboxylic acids is 1. The van der Waals surface area contributed by atoms with E-state index in [2.05, 4.69) is 0 Å². The summed E-state index contributed by atoms with van der Waals surface area (Å²) in [6.07, 6.45) is 9.48. The van der Waals surface area contributed by atoms with Crippen molar-refractivity contribution in [3.63, 3.8) is 0 Å². The Morgan fingerprint density at radius 3 is 2.05 bits per heavy atom. The number of carboxylic acids is 1. The summed E-state index contributed by atoms with van der Waals surface area (Å²) in [5, 5.41) is 10.2. The van der Waals surface area contributed by atoms with E-state index >= 15 is 0 Å². The minimum absolute atomic E-state index is 0.250. The lowest BCUT2D eigenvalue weighted by Gasteiger charge is -2.22. The molecule has 0 amide bonds. The molecule has 21 heavy (non-hydrogen) atoms. The molecule has 6 heteroatoms. The second-order valence-corrected chi connectivity index (χ2v) is 5.53. The molecule has 1 rings (SSSR count). The van der Waals surface area contributed by atoms with Crippen LogP contribution in [0.1, 0.15) is 70.6 Å². The summed E-state index contributed by atoms with van der Waals surface area (Å²) in [6, 6.07) is 0. The zero-order valence-electron chi connectivity index (χ0n) is 12.7. The van der Waals surface area contributed by atoms with Crippen LogP contribution in [0.25, 0.3) is 0 Å². The van der Waals surface area contributed by atoms with E-state index in [9.17, 15) is 9.59 Å². The highest BCUT2D eigenvalue weighted by atomic mass is 17.3. The molecule has 122 valence electrons. The fourth-order valence-electron chi connectivity index (χ4n) is 2.33. The van der Waals surface area contributed by atoms with E-state index in [1.165, 1.54) is 6.42 Å². The van der Waals surface area contributed by atoms with E-state index in [4.69, 9.17) is 15.0 Å². The van der Waals surface area contributed by atoms with Gasteiger partial charge in [0.25, 0.3) is 0 Å². The number of hydroxylamine groups is 2. The second-order valence-electron chi connectivity index (χ2n) is 5.53. The van der Waals surface area contributed by atoms with E-state index in [0.717, 1.165) is 64.5 Å². The first kappa shape index (κ1) is 17.9. The summed E-state index contributed by atoms with van der Waals surface area (Å²) in [5.41, 5.74) is 0. The molecule has 1 aliphatic rings. The summed E-state index contributed by atoms with van der Waals surface area (Å²) >= 11 is 0. The Labute approximate surface area is 126 Å². The Hall–Kier alpha value is -1.14. The first-order valence-electron chi connectivity index (χ1n) is 8.02. The van der Waals surface area contributed by atoms with E-state index in [0.29, 0.717) is 6.42 Å². The van der Waals surface area contributed by atoms with Crippen LogP contribution < -0.4 is 0 Å². The minimum atomic E-state index is -0.730. The molecule has 0 aromatic carbocycles. The van der Waals surface area contributed by atoms with Gasteiger partial charge < -0.3 is 5.11 Å². The van der Waals surface area contributed by atoms with Crippen molar-refractivity contribution in [2.75, 3.05) is 13.1 Å². The molecule has 1 heterocycles. The van der Waals surface area contributed by atoms with E-state index < -0.39 is 5.97 Å². The van der Waals surface area contributed by atoms with E-state index in [1.54, 1.807) is 5.06 Å². The molecule has 0 radical (unpaired) electrons. The first-order chi connectivity index (χ1) is 10.2. The van der Waals surface area contributed by atoms with Crippen LogP contribution in [-0.4, -0.2) is 35.2 Å². The molecule has 1 N–H and O–H groups in total. The van der Waals surface area contributed by atoms with Crippen LogP contribution in [0.3, 0.4) is 0 Å². The molecule has 6 nitrogen and oxygen atoms in total. The maximum absolute atomic E-state index is 11.5. The van der Waals surface area contributed by atoms with Gasteiger partial charge in [-0.2, -0.15) is 0 Å². The van der Waals surface area contributed by atoms with Crippen molar-refractivity contribution >= 4 is 11.9 Å². The van der Waals surface area contributed by atoms with Crippen LogP contribution in [0.4, 0.5) is 0 Å². The topological polar surface area (TPSA) is 76.1 Å². The first-order valence-corrected chi connectivity index (χ1v) is 8.02. The normalized spacial score (nSPS) is 15.8. The van der Waals surface area contributed by atoms with Crippen molar-refractivity contribution in [2.24, 2.45) is 0 Å². The molecular weight excluding hydrogens is 274 g/mol. The summed E-state index contributed by atoms with van der Waals surface area (Å²) in [5.74, 6) is -1.04. The predicted octanol–water partition coefficient (Wildman–Crippen LogP) is 3.07. The van der Waals surface area contributed by atoms with Crippen molar-refractivity contribution < 1.29 is 24.6 Å². The minimum Gasteiger partial charge on any atom is -0.481 e. The van der Waals surface area contributed by atoms with Crippen LogP contribution in [0.5, 0.6) is 0 Å². The Bertz CT molecular complexity index is 302. The Morgan fingerprint density at radius 2 is 1.43 bits per heavy atom. The SMILES string of the molecule is O=C(O)CCCCCCCCC(=O)OON1CCCCC1. The van der Waals surface area contributed by atoms with Gasteiger partial charge in [-0.05, 0) is 25.7 Å². The number of unbranched alkanes of at least 4 members (excludes halogenated alkanes) is 5. The van der Waals surface area contributed by atoms with E-state index in [-0.39, 0.29) is 12.4 Å². The van der Waals surface area contributed by atoms with Gasteiger partial charge in [0, 0.05) is 25.9 Å². The molecule has 1 saturated heterocycles. The summed E-state index contributed by atoms with van der Waals surface area (Å²) in [6.45, 7) is 1.65. The number of rotatable bonds is 11. The molecule has 0 aromatic rings. The lowest BCUT2D eigenvalue weighted by Crippen LogP contribution is -2.30. The van der Waals surface area contributed by atoms with Crippen molar-refractivity contribution in [1.82, 2.24) is 5.06 Å². The molecule has 1 aliphatic heterocycles. The van der Waals surface area contributed by atoms with E-state index in [1.807, 2.05) is 0 Å². The molecule has 0 aliphatic carbocycles. The molecule has 0 spiro atoms. The van der Waals surface area contributed by atoms with Crippen molar-refractivity contribution in [2.45, 2.75) is 70.6 Å². The van der Waals surface area contributed by atoms with Gasteiger partial charge in [-0.1, -0.05) is 37.1 Å². The number of carbonyl (C=O) groups excluding carboxylic acids is 1. The van der Waals surface area contributed by atoms with Gasteiger partial charge in [0.2, 0.25) is 0 Å². The lowest BCUT2D eigenvalue weighted by molar-refractivity contribution is -0.400. The van der Waals surface area contributed by atoms with Crippen LogP contribution in [-0.2, 0) is 19.5 Å². The van der Waals surface area contributed by atoms with Crippen molar-refractivity contribution in [1.29, 1.82) is 0 Å². The third-order valence-electron chi connectivity index (χ3n) is 3.57. The maximum Gasteiger partial charge on any atom is 0.344 e. The van der Waals surface area contributed by atoms with Crippen LogP contribution >= 0.6 is 0 Å². The average Bonchev–Trinajstić information content (AvgIpc) is 2.48. The van der Waals surface area contributed by atoms with Gasteiger partial charge in [-0.15, -0.1) is 5.06 Å². The zero-order chi connectivity index (χ0) is 15.3. The number of carbonyl (C=O) groups is 2. The monoisotopic (exact) mass is 301 g/mol. The van der Waals surface area contributed by atoms with Crippen LogP contribution in [0.15, 0.2) is 0 Å². The van der Waals surface area contributed by atoms with Gasteiger partial charge in [0.05, 0.1) is 0 Å². The standard InChI is InChI=1S/C15H27NO5/c17-14(18)10-6-3-1-2-4-7-11-15(19)20-21-16-12-8-5-9-13-16/h1-13H2,(H,17,18). The highest BCUT2D eigenvalue weighted by molar-refractivity contribution is 5.68. The van der Waals surface area contributed by atoms with Gasteiger partial charge in [0.1, 0.15) is 0 Å². The molecule has 1 fully saturated rings. The summed E-state index contributed by atoms with van der Waals surface area (Å²) < 4.78 is 0. The fraction of sp³-hybridized carbons (Fsp3) is 0.867. The summed E-state index contributed by atoms with van der Waals surface area (Å²) in [7, 11) is 0. The second kappa shape index (κ2) is 11.5.